The van der Waals surface area contributed by atoms with Crippen molar-refractivity contribution in [3.05, 3.63) is 59.1 Å². The molecule has 7 heteroatoms. The van der Waals surface area contributed by atoms with Gasteiger partial charge in [-0.15, -0.1) is 11.3 Å². The Morgan fingerprint density at radius 3 is 2.59 bits per heavy atom. The fourth-order valence-electron chi connectivity index (χ4n) is 2.66. The molecule has 152 valence electrons. The van der Waals surface area contributed by atoms with Crippen LogP contribution >= 0.6 is 11.3 Å². The molecule has 0 saturated heterocycles. The summed E-state index contributed by atoms with van der Waals surface area (Å²) in [7, 11) is 0. The molecule has 6 nitrogen and oxygen atoms in total. The number of nitrogens with zero attached hydrogens (tertiary/aromatic N) is 1. The second-order valence-electron chi connectivity index (χ2n) is 7.58. The molecule has 0 aliphatic rings. The van der Waals surface area contributed by atoms with E-state index >= 15 is 0 Å². The van der Waals surface area contributed by atoms with Crippen molar-refractivity contribution in [3.63, 3.8) is 0 Å². The number of nitrogens with one attached hydrogen (secondary N) is 1. The van der Waals surface area contributed by atoms with E-state index in [0.29, 0.717) is 18.7 Å². The number of carbonyl (C=O) groups is 2. The molecule has 0 aliphatic carbocycles. The summed E-state index contributed by atoms with van der Waals surface area (Å²) in [5.74, 6) is -0.160. The van der Waals surface area contributed by atoms with Gasteiger partial charge in [-0.25, -0.2) is 9.78 Å². The largest absolute Gasteiger partial charge is 0.492 e. The third-order valence-corrected chi connectivity index (χ3v) is 5.11. The summed E-state index contributed by atoms with van der Waals surface area (Å²) in [6.07, 6.45) is 0. The van der Waals surface area contributed by atoms with Gasteiger partial charge >= 0.3 is 5.97 Å². The number of thiazole rings is 1. The van der Waals surface area contributed by atoms with Crippen LogP contribution in [0.15, 0.2) is 48.0 Å². The lowest BCUT2D eigenvalue weighted by atomic mass is 9.87. The zero-order chi connectivity index (χ0) is 20.9. The topological polar surface area (TPSA) is 77.5 Å². The number of fused-ring (bicyclic) bond motifs is 1. The lowest BCUT2D eigenvalue weighted by Crippen LogP contribution is -2.32. The van der Waals surface area contributed by atoms with Crippen LogP contribution in [0, 0.1) is 0 Å². The number of benzene rings is 2. The molecule has 2 aromatic carbocycles. The van der Waals surface area contributed by atoms with Gasteiger partial charge in [0, 0.05) is 0 Å². The third-order valence-electron chi connectivity index (χ3n) is 4.31. The number of carbonyl (C=O) groups excluding carboxylic acids is 2. The van der Waals surface area contributed by atoms with Crippen LogP contribution in [0.2, 0.25) is 0 Å². The summed E-state index contributed by atoms with van der Waals surface area (Å²) in [5, 5.41) is 2.67. The molecule has 1 heterocycles. The molecule has 29 heavy (non-hydrogen) atoms. The number of rotatable bonds is 7. The van der Waals surface area contributed by atoms with E-state index in [1.165, 1.54) is 16.9 Å². The van der Waals surface area contributed by atoms with Gasteiger partial charge in [0.2, 0.25) is 0 Å². The van der Waals surface area contributed by atoms with Gasteiger partial charge in [-0.3, -0.25) is 4.79 Å². The minimum absolute atomic E-state index is 0.0936. The van der Waals surface area contributed by atoms with Crippen LogP contribution < -0.4 is 10.1 Å². The van der Waals surface area contributed by atoms with Gasteiger partial charge in [-0.1, -0.05) is 32.9 Å². The average Bonchev–Trinajstić information content (AvgIpc) is 3.17. The molecule has 0 atom stereocenters. The molecule has 1 amide bonds. The molecule has 0 aliphatic heterocycles. The van der Waals surface area contributed by atoms with Gasteiger partial charge in [-0.2, -0.15) is 0 Å². The lowest BCUT2D eigenvalue weighted by molar-refractivity contribution is -0.124. The zero-order valence-electron chi connectivity index (χ0n) is 16.7. The average molecular weight is 413 g/mol. The molecular weight excluding hydrogens is 388 g/mol. The first kappa shape index (κ1) is 20.8. The highest BCUT2D eigenvalue weighted by atomic mass is 32.1. The van der Waals surface area contributed by atoms with Crippen LogP contribution in [0.25, 0.3) is 10.2 Å². The Labute approximate surface area is 173 Å². The predicted molar refractivity (Wildman–Crippen MR) is 114 cm³/mol. The molecule has 1 N–H and O–H groups in total. The molecule has 0 radical (unpaired) electrons. The van der Waals surface area contributed by atoms with Gasteiger partial charge in [0.1, 0.15) is 12.4 Å². The first-order valence-electron chi connectivity index (χ1n) is 9.33. The van der Waals surface area contributed by atoms with Gasteiger partial charge in [0.15, 0.2) is 6.61 Å². The molecule has 3 rings (SSSR count). The number of hydrogen-bond donors (Lipinski definition) is 1. The second-order valence-corrected chi connectivity index (χ2v) is 8.47. The maximum absolute atomic E-state index is 12.1. The number of hydrogen-bond acceptors (Lipinski definition) is 6. The van der Waals surface area contributed by atoms with Crippen molar-refractivity contribution in [2.75, 3.05) is 19.8 Å². The van der Waals surface area contributed by atoms with E-state index in [0.717, 1.165) is 16.0 Å². The molecular formula is C22H24N2O4S. The van der Waals surface area contributed by atoms with Crippen LogP contribution in [-0.2, 0) is 14.9 Å². The highest BCUT2D eigenvalue weighted by molar-refractivity contribution is 7.16. The van der Waals surface area contributed by atoms with Crippen molar-refractivity contribution in [1.29, 1.82) is 0 Å². The van der Waals surface area contributed by atoms with E-state index in [1.807, 2.05) is 24.3 Å². The van der Waals surface area contributed by atoms with Crippen molar-refractivity contribution >= 4 is 33.4 Å². The van der Waals surface area contributed by atoms with Crippen LogP contribution in [-0.4, -0.2) is 36.6 Å². The predicted octanol–water partition coefficient (Wildman–Crippen LogP) is 3.95. The summed E-state index contributed by atoms with van der Waals surface area (Å²) in [6, 6.07) is 13.0. The van der Waals surface area contributed by atoms with Gasteiger partial charge in [-0.05, 0) is 41.3 Å². The van der Waals surface area contributed by atoms with Crippen LogP contribution in [0.3, 0.4) is 0 Å². The second kappa shape index (κ2) is 9.05. The number of aromatic nitrogens is 1. The lowest BCUT2D eigenvalue weighted by Gasteiger charge is -2.19. The standard InChI is InChI=1S/C22H24N2O4S/c1-22(2,3)16-5-7-17(8-6-16)27-11-10-23-20(25)13-28-21(26)15-4-9-18-19(12-15)29-14-24-18/h4-9,12,14H,10-11,13H2,1-3H3,(H,23,25). The summed E-state index contributed by atoms with van der Waals surface area (Å²) >= 11 is 1.44. The van der Waals surface area contributed by atoms with Crippen molar-refractivity contribution in [2.24, 2.45) is 0 Å². The van der Waals surface area contributed by atoms with Crippen LogP contribution in [0.1, 0.15) is 36.7 Å². The molecule has 1 aromatic heterocycles. The minimum atomic E-state index is -0.536. The van der Waals surface area contributed by atoms with E-state index in [-0.39, 0.29) is 17.9 Å². The molecule has 0 bridgehead atoms. The first-order valence-corrected chi connectivity index (χ1v) is 10.2. The zero-order valence-corrected chi connectivity index (χ0v) is 17.5. The molecule has 0 fully saturated rings. The maximum atomic E-state index is 12.1. The molecule has 0 spiro atoms. The fraction of sp³-hybridized carbons (Fsp3) is 0.318. The van der Waals surface area contributed by atoms with Crippen molar-refractivity contribution in [2.45, 2.75) is 26.2 Å². The number of ether oxygens (including phenoxy) is 2. The van der Waals surface area contributed by atoms with Gasteiger partial charge in [0.25, 0.3) is 5.91 Å². The Hall–Kier alpha value is -2.93. The monoisotopic (exact) mass is 412 g/mol. The van der Waals surface area contributed by atoms with Crippen molar-refractivity contribution < 1.29 is 19.1 Å². The Kier molecular flexibility index (Phi) is 6.49. The van der Waals surface area contributed by atoms with E-state index < -0.39 is 5.97 Å². The van der Waals surface area contributed by atoms with E-state index in [1.54, 1.807) is 23.7 Å². The van der Waals surface area contributed by atoms with E-state index in [9.17, 15) is 9.59 Å². The third kappa shape index (κ3) is 5.77. The molecule has 0 unspecified atom stereocenters. The summed E-state index contributed by atoms with van der Waals surface area (Å²) in [4.78, 5) is 28.1. The SMILES string of the molecule is CC(C)(C)c1ccc(OCCNC(=O)COC(=O)c2ccc3ncsc3c2)cc1. The molecule has 0 saturated carbocycles. The van der Waals surface area contributed by atoms with E-state index in [4.69, 9.17) is 9.47 Å². The first-order chi connectivity index (χ1) is 13.8. The summed E-state index contributed by atoms with van der Waals surface area (Å²) < 4.78 is 11.6. The Morgan fingerprint density at radius 2 is 1.86 bits per heavy atom. The Bertz CT molecular complexity index is 990. The quantitative estimate of drug-likeness (QED) is 0.470. The minimum Gasteiger partial charge on any atom is -0.492 e. The normalized spacial score (nSPS) is 11.3. The summed E-state index contributed by atoms with van der Waals surface area (Å²) in [5.41, 5.74) is 4.27. The van der Waals surface area contributed by atoms with Crippen LogP contribution in [0.5, 0.6) is 5.75 Å². The number of amides is 1. The maximum Gasteiger partial charge on any atom is 0.338 e. The Balaban J connectivity index is 1.37. The van der Waals surface area contributed by atoms with Gasteiger partial charge in [0.05, 0.1) is 27.8 Å². The summed E-state index contributed by atoms with van der Waals surface area (Å²) in [6.45, 7) is 6.79. The van der Waals surface area contributed by atoms with E-state index in [2.05, 4.69) is 31.1 Å². The smallest absolute Gasteiger partial charge is 0.338 e. The number of esters is 1. The van der Waals surface area contributed by atoms with Gasteiger partial charge < -0.3 is 14.8 Å². The van der Waals surface area contributed by atoms with Crippen LogP contribution in [0.4, 0.5) is 0 Å². The highest BCUT2D eigenvalue weighted by Crippen LogP contribution is 2.24. The van der Waals surface area contributed by atoms with Crippen molar-refractivity contribution in [1.82, 2.24) is 10.3 Å². The fourth-order valence-corrected chi connectivity index (χ4v) is 3.37. The highest BCUT2D eigenvalue weighted by Gasteiger charge is 2.13. The van der Waals surface area contributed by atoms with Crippen molar-refractivity contribution in [3.8, 4) is 5.75 Å². The molecule has 3 aromatic rings. The Morgan fingerprint density at radius 1 is 1.10 bits per heavy atom.